The van der Waals surface area contributed by atoms with Gasteiger partial charge in [0, 0.05) is 28.5 Å². The molecule has 0 fully saturated rings. The van der Waals surface area contributed by atoms with Gasteiger partial charge in [0.05, 0.1) is 5.52 Å². The molecule has 1 heterocycles. The SMILES string of the molecule is CNC(C)Cc1ncc2ccc(Br)cc2n1. The van der Waals surface area contributed by atoms with Gasteiger partial charge < -0.3 is 5.32 Å². The molecule has 0 radical (unpaired) electrons. The molecule has 0 amide bonds. The Morgan fingerprint density at radius 3 is 3.00 bits per heavy atom. The third-order valence-corrected chi connectivity index (χ3v) is 3.07. The van der Waals surface area contributed by atoms with Crippen LogP contribution < -0.4 is 5.32 Å². The van der Waals surface area contributed by atoms with Crippen molar-refractivity contribution < 1.29 is 0 Å². The van der Waals surface area contributed by atoms with Crippen LogP contribution in [0.4, 0.5) is 0 Å². The average Bonchev–Trinajstić information content (AvgIpc) is 2.28. The highest BCUT2D eigenvalue weighted by atomic mass is 79.9. The first kappa shape index (κ1) is 11.5. The molecule has 0 aliphatic carbocycles. The predicted octanol–water partition coefficient (Wildman–Crippen LogP) is 2.54. The molecular formula is C12H14BrN3. The summed E-state index contributed by atoms with van der Waals surface area (Å²) in [6, 6.07) is 6.43. The van der Waals surface area contributed by atoms with E-state index >= 15 is 0 Å². The Bertz CT molecular complexity index is 499. The zero-order chi connectivity index (χ0) is 11.5. The highest BCUT2D eigenvalue weighted by Crippen LogP contribution is 2.17. The summed E-state index contributed by atoms with van der Waals surface area (Å²) >= 11 is 3.45. The van der Waals surface area contributed by atoms with Crippen molar-refractivity contribution in [2.24, 2.45) is 0 Å². The summed E-state index contributed by atoms with van der Waals surface area (Å²) in [5, 5.41) is 4.26. The lowest BCUT2D eigenvalue weighted by atomic mass is 10.2. The number of halogens is 1. The lowest BCUT2D eigenvalue weighted by Crippen LogP contribution is -2.24. The maximum absolute atomic E-state index is 4.54. The Labute approximate surface area is 103 Å². The van der Waals surface area contributed by atoms with Gasteiger partial charge in [-0.05, 0) is 26.1 Å². The van der Waals surface area contributed by atoms with Gasteiger partial charge in [0.1, 0.15) is 5.82 Å². The van der Waals surface area contributed by atoms with Crippen molar-refractivity contribution in [3.05, 3.63) is 34.7 Å². The van der Waals surface area contributed by atoms with E-state index in [1.807, 2.05) is 31.4 Å². The van der Waals surface area contributed by atoms with Crippen LogP contribution in [0, 0.1) is 0 Å². The van der Waals surface area contributed by atoms with Crippen LogP contribution in [-0.2, 0) is 6.42 Å². The monoisotopic (exact) mass is 279 g/mol. The molecule has 4 heteroatoms. The standard InChI is InChI=1S/C12H14BrN3/c1-8(14-2)5-12-15-7-9-3-4-10(13)6-11(9)16-12/h3-4,6-8,14H,5H2,1-2H3. The number of fused-ring (bicyclic) bond motifs is 1. The van der Waals surface area contributed by atoms with E-state index in [0.29, 0.717) is 6.04 Å². The minimum absolute atomic E-state index is 0.393. The van der Waals surface area contributed by atoms with Gasteiger partial charge in [0.15, 0.2) is 0 Å². The van der Waals surface area contributed by atoms with Crippen molar-refractivity contribution in [1.29, 1.82) is 0 Å². The molecule has 1 aromatic heterocycles. The number of likely N-dealkylation sites (N-methyl/N-ethyl adjacent to an activating group) is 1. The summed E-state index contributed by atoms with van der Waals surface area (Å²) in [6.07, 6.45) is 2.73. The Morgan fingerprint density at radius 1 is 1.44 bits per heavy atom. The summed E-state index contributed by atoms with van der Waals surface area (Å²) < 4.78 is 1.05. The minimum atomic E-state index is 0.393. The molecule has 2 aromatic rings. The van der Waals surface area contributed by atoms with Crippen LogP contribution in [0.1, 0.15) is 12.7 Å². The van der Waals surface area contributed by atoms with Crippen molar-refractivity contribution in [3.8, 4) is 0 Å². The van der Waals surface area contributed by atoms with Crippen LogP contribution in [0.25, 0.3) is 10.9 Å². The second-order valence-corrected chi connectivity index (χ2v) is 4.80. The Kier molecular flexibility index (Phi) is 3.51. The van der Waals surface area contributed by atoms with Crippen LogP contribution in [0.15, 0.2) is 28.9 Å². The van der Waals surface area contributed by atoms with Gasteiger partial charge in [-0.25, -0.2) is 9.97 Å². The van der Waals surface area contributed by atoms with Gasteiger partial charge in [-0.3, -0.25) is 0 Å². The summed E-state index contributed by atoms with van der Waals surface area (Å²) in [6.45, 7) is 2.12. The lowest BCUT2D eigenvalue weighted by Gasteiger charge is -2.08. The summed E-state index contributed by atoms with van der Waals surface area (Å²) in [5.41, 5.74) is 0.989. The fourth-order valence-corrected chi connectivity index (χ4v) is 1.86. The van der Waals surface area contributed by atoms with Gasteiger partial charge in [-0.15, -0.1) is 0 Å². The first-order chi connectivity index (χ1) is 7.69. The summed E-state index contributed by atoms with van der Waals surface area (Å²) in [4.78, 5) is 8.90. The van der Waals surface area contributed by atoms with Crippen LogP contribution in [0.3, 0.4) is 0 Å². The second-order valence-electron chi connectivity index (χ2n) is 3.88. The van der Waals surface area contributed by atoms with E-state index in [1.165, 1.54) is 0 Å². The molecule has 0 saturated heterocycles. The fourth-order valence-electron chi connectivity index (χ4n) is 1.51. The van der Waals surface area contributed by atoms with E-state index in [2.05, 4.69) is 38.1 Å². The first-order valence-corrected chi connectivity index (χ1v) is 6.07. The number of nitrogens with zero attached hydrogens (tertiary/aromatic N) is 2. The summed E-state index contributed by atoms with van der Waals surface area (Å²) in [7, 11) is 1.95. The van der Waals surface area contributed by atoms with E-state index in [1.54, 1.807) is 0 Å². The van der Waals surface area contributed by atoms with Gasteiger partial charge >= 0.3 is 0 Å². The number of nitrogens with one attached hydrogen (secondary N) is 1. The van der Waals surface area contributed by atoms with Crippen LogP contribution in [0.2, 0.25) is 0 Å². The number of hydrogen-bond donors (Lipinski definition) is 1. The molecule has 2 rings (SSSR count). The third kappa shape index (κ3) is 2.57. The Balaban J connectivity index is 2.35. The van der Waals surface area contributed by atoms with Gasteiger partial charge in [-0.2, -0.15) is 0 Å². The van der Waals surface area contributed by atoms with E-state index in [0.717, 1.165) is 27.6 Å². The first-order valence-electron chi connectivity index (χ1n) is 5.27. The normalized spacial score (nSPS) is 12.9. The van der Waals surface area contributed by atoms with E-state index in [4.69, 9.17) is 0 Å². The Morgan fingerprint density at radius 2 is 2.25 bits per heavy atom. The van der Waals surface area contributed by atoms with Crippen molar-refractivity contribution in [1.82, 2.24) is 15.3 Å². The number of benzene rings is 1. The van der Waals surface area contributed by atoms with Crippen LogP contribution in [0.5, 0.6) is 0 Å². The molecule has 0 aliphatic rings. The molecular weight excluding hydrogens is 266 g/mol. The zero-order valence-corrected chi connectivity index (χ0v) is 11.0. The quantitative estimate of drug-likeness (QED) is 0.939. The highest BCUT2D eigenvalue weighted by molar-refractivity contribution is 9.10. The lowest BCUT2D eigenvalue weighted by molar-refractivity contribution is 0.592. The molecule has 1 unspecified atom stereocenters. The molecule has 1 atom stereocenters. The van der Waals surface area contributed by atoms with Gasteiger partial charge in [-0.1, -0.05) is 22.0 Å². The summed E-state index contributed by atoms with van der Waals surface area (Å²) in [5.74, 6) is 0.882. The molecule has 0 bridgehead atoms. The van der Waals surface area contributed by atoms with Crippen LogP contribution >= 0.6 is 15.9 Å². The van der Waals surface area contributed by atoms with E-state index < -0.39 is 0 Å². The second kappa shape index (κ2) is 4.89. The molecule has 84 valence electrons. The molecule has 1 aromatic carbocycles. The van der Waals surface area contributed by atoms with Gasteiger partial charge in [0.2, 0.25) is 0 Å². The zero-order valence-electron chi connectivity index (χ0n) is 9.37. The van der Waals surface area contributed by atoms with Gasteiger partial charge in [0.25, 0.3) is 0 Å². The molecule has 0 aliphatic heterocycles. The maximum atomic E-state index is 4.54. The molecule has 0 saturated carbocycles. The molecule has 3 nitrogen and oxygen atoms in total. The van der Waals surface area contributed by atoms with Crippen molar-refractivity contribution in [2.75, 3.05) is 7.05 Å². The smallest absolute Gasteiger partial charge is 0.130 e. The predicted molar refractivity (Wildman–Crippen MR) is 69.5 cm³/mol. The van der Waals surface area contributed by atoms with Crippen molar-refractivity contribution >= 4 is 26.8 Å². The largest absolute Gasteiger partial charge is 0.317 e. The molecule has 0 spiro atoms. The number of aromatic nitrogens is 2. The topological polar surface area (TPSA) is 37.8 Å². The van der Waals surface area contributed by atoms with E-state index in [-0.39, 0.29) is 0 Å². The van der Waals surface area contributed by atoms with Crippen molar-refractivity contribution in [3.63, 3.8) is 0 Å². The minimum Gasteiger partial charge on any atom is -0.317 e. The van der Waals surface area contributed by atoms with Crippen molar-refractivity contribution in [2.45, 2.75) is 19.4 Å². The maximum Gasteiger partial charge on any atom is 0.130 e. The fraction of sp³-hybridized carbons (Fsp3) is 0.333. The molecule has 16 heavy (non-hydrogen) atoms. The van der Waals surface area contributed by atoms with Crippen LogP contribution in [-0.4, -0.2) is 23.1 Å². The number of rotatable bonds is 3. The Hall–Kier alpha value is -1.00. The van der Waals surface area contributed by atoms with E-state index in [9.17, 15) is 0 Å². The highest BCUT2D eigenvalue weighted by Gasteiger charge is 2.04. The average molecular weight is 280 g/mol. The third-order valence-electron chi connectivity index (χ3n) is 2.58. The molecule has 1 N–H and O–H groups in total. The number of hydrogen-bond acceptors (Lipinski definition) is 3.